The number of ether oxygens (including phenoxy) is 2. The summed E-state index contributed by atoms with van der Waals surface area (Å²) in [5, 5.41) is 0. The molecule has 1 heterocycles. The Morgan fingerprint density at radius 1 is 0.857 bits per heavy atom. The number of methoxy groups -OCH3 is 2. The third-order valence-electron chi connectivity index (χ3n) is 5.04. The molecule has 1 aromatic heterocycles. The van der Waals surface area contributed by atoms with Crippen LogP contribution in [0.15, 0.2) is 66.7 Å². The van der Waals surface area contributed by atoms with Gasteiger partial charge < -0.3 is 14.0 Å². The Kier molecular flexibility index (Phi) is 5.02. The number of hydrogen-bond acceptors (Lipinski definition) is 3. The fraction of sp³-hybridized carbons (Fsp3) is 0.208. The summed E-state index contributed by atoms with van der Waals surface area (Å²) < 4.78 is 13.1. The van der Waals surface area contributed by atoms with Crippen molar-refractivity contribution in [3.63, 3.8) is 0 Å². The Labute approximate surface area is 165 Å². The Morgan fingerprint density at radius 3 is 2.36 bits per heavy atom. The molecule has 4 rings (SSSR count). The van der Waals surface area contributed by atoms with E-state index in [4.69, 9.17) is 14.5 Å². The second-order valence-electron chi connectivity index (χ2n) is 6.88. The number of benzene rings is 3. The summed E-state index contributed by atoms with van der Waals surface area (Å²) in [6.07, 6.45) is 0.875. The molecule has 0 saturated carbocycles. The zero-order chi connectivity index (χ0) is 19.5. The van der Waals surface area contributed by atoms with Crippen LogP contribution in [-0.2, 0) is 13.0 Å². The molecule has 0 amide bonds. The molecule has 0 bridgehead atoms. The first-order chi connectivity index (χ1) is 13.7. The molecule has 0 N–H and O–H groups in total. The third-order valence-corrected chi connectivity index (χ3v) is 5.04. The van der Waals surface area contributed by atoms with Gasteiger partial charge in [-0.3, -0.25) is 0 Å². The molecule has 0 spiro atoms. The zero-order valence-electron chi connectivity index (χ0n) is 16.5. The number of fused-ring (bicyclic) bond motifs is 1. The Bertz CT molecular complexity index is 1100. The molecule has 0 saturated heterocycles. The maximum absolute atomic E-state index is 5.44. The van der Waals surface area contributed by atoms with Crippen molar-refractivity contribution in [2.75, 3.05) is 14.2 Å². The highest BCUT2D eigenvalue weighted by atomic mass is 16.5. The van der Waals surface area contributed by atoms with E-state index < -0.39 is 0 Å². The highest BCUT2D eigenvalue weighted by molar-refractivity contribution is 5.80. The van der Waals surface area contributed by atoms with Crippen molar-refractivity contribution < 1.29 is 9.47 Å². The minimum atomic E-state index is 0.750. The number of imidazole rings is 1. The van der Waals surface area contributed by atoms with Gasteiger partial charge in [-0.05, 0) is 43.2 Å². The Hall–Kier alpha value is -3.27. The summed E-state index contributed by atoms with van der Waals surface area (Å²) in [4.78, 5) is 4.90. The minimum absolute atomic E-state index is 0.750. The largest absolute Gasteiger partial charge is 0.493 e. The average molecular weight is 372 g/mol. The lowest BCUT2D eigenvalue weighted by molar-refractivity contribution is 0.354. The van der Waals surface area contributed by atoms with Crippen molar-refractivity contribution in [1.82, 2.24) is 9.55 Å². The van der Waals surface area contributed by atoms with Gasteiger partial charge in [0.2, 0.25) is 0 Å². The molecule has 3 aromatic carbocycles. The van der Waals surface area contributed by atoms with E-state index in [1.807, 2.05) is 18.2 Å². The smallest absolute Gasteiger partial charge is 0.160 e. The van der Waals surface area contributed by atoms with Crippen molar-refractivity contribution in [2.24, 2.45) is 0 Å². The molecule has 0 fully saturated rings. The summed E-state index contributed by atoms with van der Waals surface area (Å²) >= 11 is 0. The number of nitrogens with zero attached hydrogens (tertiary/aromatic N) is 2. The van der Waals surface area contributed by atoms with E-state index in [2.05, 4.69) is 60.0 Å². The third kappa shape index (κ3) is 3.46. The van der Waals surface area contributed by atoms with E-state index in [1.165, 1.54) is 11.1 Å². The predicted molar refractivity (Wildman–Crippen MR) is 113 cm³/mol. The first-order valence-corrected chi connectivity index (χ1v) is 9.43. The topological polar surface area (TPSA) is 36.3 Å². The van der Waals surface area contributed by atoms with E-state index in [0.29, 0.717) is 0 Å². The van der Waals surface area contributed by atoms with Crippen molar-refractivity contribution in [3.8, 4) is 22.9 Å². The molecule has 0 aliphatic carbocycles. The summed E-state index contributed by atoms with van der Waals surface area (Å²) in [6, 6.07) is 22.9. The molecule has 0 radical (unpaired) electrons. The van der Waals surface area contributed by atoms with Gasteiger partial charge in [-0.15, -0.1) is 0 Å². The van der Waals surface area contributed by atoms with Crippen molar-refractivity contribution in [2.45, 2.75) is 19.9 Å². The molecule has 0 unspecified atom stereocenters. The van der Waals surface area contributed by atoms with Crippen LogP contribution < -0.4 is 9.47 Å². The van der Waals surface area contributed by atoms with Crippen LogP contribution in [0.3, 0.4) is 0 Å². The molecule has 0 atom stereocenters. The first-order valence-electron chi connectivity index (χ1n) is 9.43. The summed E-state index contributed by atoms with van der Waals surface area (Å²) in [6.45, 7) is 2.93. The number of rotatable bonds is 6. The molecular formula is C24H24N2O2. The zero-order valence-corrected chi connectivity index (χ0v) is 16.5. The molecule has 4 nitrogen and oxygen atoms in total. The van der Waals surface area contributed by atoms with E-state index in [0.717, 1.165) is 46.9 Å². The van der Waals surface area contributed by atoms with Crippen LogP contribution in [0.2, 0.25) is 0 Å². The number of hydrogen-bond donors (Lipinski definition) is 0. The second kappa shape index (κ2) is 7.77. The summed E-state index contributed by atoms with van der Waals surface area (Å²) in [7, 11) is 3.32. The lowest BCUT2D eigenvalue weighted by Gasteiger charge is -2.12. The highest BCUT2D eigenvalue weighted by Gasteiger charge is 2.13. The van der Waals surface area contributed by atoms with Gasteiger partial charge in [0.1, 0.15) is 5.82 Å². The van der Waals surface area contributed by atoms with Crippen LogP contribution in [0.1, 0.15) is 11.1 Å². The van der Waals surface area contributed by atoms with Crippen LogP contribution >= 0.6 is 0 Å². The molecule has 4 aromatic rings. The minimum Gasteiger partial charge on any atom is -0.493 e. The van der Waals surface area contributed by atoms with Gasteiger partial charge >= 0.3 is 0 Å². The summed E-state index contributed by atoms with van der Waals surface area (Å²) in [5.41, 5.74) is 5.75. The van der Waals surface area contributed by atoms with Crippen molar-refractivity contribution in [1.29, 1.82) is 0 Å². The fourth-order valence-electron chi connectivity index (χ4n) is 3.50. The second-order valence-corrected chi connectivity index (χ2v) is 6.88. The van der Waals surface area contributed by atoms with Gasteiger partial charge in [-0.2, -0.15) is 0 Å². The van der Waals surface area contributed by atoms with Crippen LogP contribution in [0.5, 0.6) is 11.5 Å². The van der Waals surface area contributed by atoms with Crippen molar-refractivity contribution >= 4 is 11.0 Å². The standard InChI is InChI=1S/C24H24N2O2/c1-17-8-11-19(12-9-17)24-25-20-6-4-5-7-21(20)26(24)15-14-18-10-13-22(27-2)23(16-18)28-3/h4-13,16H,14-15H2,1-3H3. The molecular weight excluding hydrogens is 348 g/mol. The van der Waals surface area contributed by atoms with Gasteiger partial charge in [-0.1, -0.05) is 48.0 Å². The van der Waals surface area contributed by atoms with Crippen LogP contribution in [0, 0.1) is 6.92 Å². The van der Waals surface area contributed by atoms with Crippen LogP contribution in [-0.4, -0.2) is 23.8 Å². The van der Waals surface area contributed by atoms with Gasteiger partial charge in [0, 0.05) is 12.1 Å². The SMILES string of the molecule is COc1ccc(CCn2c(-c3ccc(C)cc3)nc3ccccc32)cc1OC. The van der Waals surface area contributed by atoms with E-state index in [1.54, 1.807) is 14.2 Å². The highest BCUT2D eigenvalue weighted by Crippen LogP contribution is 2.29. The molecule has 0 aliphatic rings. The number of aryl methyl sites for hydroxylation is 3. The van der Waals surface area contributed by atoms with Gasteiger partial charge in [0.25, 0.3) is 0 Å². The van der Waals surface area contributed by atoms with E-state index in [9.17, 15) is 0 Å². The number of para-hydroxylation sites is 2. The molecule has 4 heteroatoms. The lowest BCUT2D eigenvalue weighted by atomic mass is 10.1. The van der Waals surface area contributed by atoms with Gasteiger partial charge in [-0.25, -0.2) is 4.98 Å². The van der Waals surface area contributed by atoms with Crippen LogP contribution in [0.4, 0.5) is 0 Å². The molecule has 0 aliphatic heterocycles. The van der Waals surface area contributed by atoms with Gasteiger partial charge in [0.05, 0.1) is 25.3 Å². The van der Waals surface area contributed by atoms with Crippen molar-refractivity contribution in [3.05, 3.63) is 77.9 Å². The lowest BCUT2D eigenvalue weighted by Crippen LogP contribution is -2.04. The van der Waals surface area contributed by atoms with Gasteiger partial charge in [0.15, 0.2) is 11.5 Å². The first kappa shape index (κ1) is 18.1. The quantitative estimate of drug-likeness (QED) is 0.462. The van der Waals surface area contributed by atoms with E-state index >= 15 is 0 Å². The van der Waals surface area contributed by atoms with Crippen LogP contribution in [0.25, 0.3) is 22.4 Å². The number of aromatic nitrogens is 2. The monoisotopic (exact) mass is 372 g/mol. The predicted octanol–water partition coefficient (Wildman–Crippen LogP) is 5.27. The Balaban J connectivity index is 1.70. The summed E-state index contributed by atoms with van der Waals surface area (Å²) in [5.74, 6) is 2.51. The molecule has 142 valence electrons. The molecule has 28 heavy (non-hydrogen) atoms. The fourth-order valence-corrected chi connectivity index (χ4v) is 3.50. The normalized spacial score (nSPS) is 11.0. The Morgan fingerprint density at radius 2 is 1.61 bits per heavy atom. The average Bonchev–Trinajstić information content (AvgIpc) is 3.11. The maximum Gasteiger partial charge on any atom is 0.160 e. The maximum atomic E-state index is 5.44. The van der Waals surface area contributed by atoms with E-state index in [-0.39, 0.29) is 0 Å².